The summed E-state index contributed by atoms with van der Waals surface area (Å²) in [5.74, 6) is -0.321. The molecule has 0 aliphatic rings. The van der Waals surface area contributed by atoms with Crippen LogP contribution in [-0.4, -0.2) is 19.6 Å². The smallest absolute Gasteiger partial charge is 0.330 e. The molecule has 0 aliphatic heterocycles. The highest BCUT2D eigenvalue weighted by Crippen LogP contribution is 2.15. The molecule has 86 valence electrons. The fourth-order valence-electron chi connectivity index (χ4n) is 1.16. The topological polar surface area (TPSA) is 29.5 Å². The van der Waals surface area contributed by atoms with Gasteiger partial charge >= 0.3 is 5.97 Å². The predicted molar refractivity (Wildman–Crippen MR) is 69.5 cm³/mol. The van der Waals surface area contributed by atoms with E-state index in [2.05, 4.69) is 12.8 Å². The number of nitrogens with zero attached hydrogens (tertiary/aromatic N) is 1. The van der Waals surface area contributed by atoms with Crippen LogP contribution in [0.4, 0.5) is 5.69 Å². The number of ether oxygens (including phenoxy) is 1. The molecule has 0 spiro atoms. The first-order valence-corrected chi connectivity index (χ1v) is 5.41. The molecule has 0 saturated heterocycles. The molecule has 16 heavy (non-hydrogen) atoms. The van der Waals surface area contributed by atoms with E-state index in [1.807, 2.05) is 31.3 Å². The minimum absolute atomic E-state index is 0.321. The van der Waals surface area contributed by atoms with Gasteiger partial charge < -0.3 is 9.04 Å². The highest BCUT2D eigenvalue weighted by atomic mass is 32.1. The molecule has 0 bridgehead atoms. The van der Waals surface area contributed by atoms with Crippen molar-refractivity contribution in [2.75, 3.05) is 18.0 Å². The van der Waals surface area contributed by atoms with Crippen LogP contribution in [0.1, 0.15) is 12.5 Å². The van der Waals surface area contributed by atoms with Gasteiger partial charge in [-0.1, -0.05) is 24.9 Å². The van der Waals surface area contributed by atoms with Gasteiger partial charge in [-0.05, 0) is 30.7 Å². The largest absolute Gasteiger partial charge is 0.463 e. The Morgan fingerprint density at radius 1 is 1.44 bits per heavy atom. The Balaban J connectivity index is 2.65. The molecule has 0 radical (unpaired) electrons. The lowest BCUT2D eigenvalue weighted by molar-refractivity contribution is -0.137. The zero-order valence-corrected chi connectivity index (χ0v) is 10.3. The Hall–Kier alpha value is -1.42. The number of thiol groups is 1. The van der Waals surface area contributed by atoms with Crippen LogP contribution in [0.15, 0.2) is 30.3 Å². The van der Waals surface area contributed by atoms with Crippen molar-refractivity contribution in [3.8, 4) is 0 Å². The normalized spacial score (nSPS) is 10.4. The molecule has 0 saturated carbocycles. The Bertz CT molecular complexity index is 371. The summed E-state index contributed by atoms with van der Waals surface area (Å²) in [7, 11) is 1.85. The second-order valence-electron chi connectivity index (χ2n) is 3.20. The van der Waals surface area contributed by atoms with Crippen LogP contribution in [-0.2, 0) is 9.53 Å². The summed E-state index contributed by atoms with van der Waals surface area (Å²) in [6.07, 6.45) is 3.14. The molecule has 0 aromatic heterocycles. The molecule has 4 heteroatoms. The summed E-state index contributed by atoms with van der Waals surface area (Å²) in [6.45, 7) is 2.18. The summed E-state index contributed by atoms with van der Waals surface area (Å²) in [6, 6.07) is 7.69. The van der Waals surface area contributed by atoms with E-state index >= 15 is 0 Å². The first-order chi connectivity index (χ1) is 7.63. The SMILES string of the molecule is CCOC(=O)/C=C/c1ccc(N(C)S)cc1. The number of benzene rings is 1. The zero-order chi connectivity index (χ0) is 12.0. The third-order valence-corrected chi connectivity index (χ3v) is 2.20. The van der Waals surface area contributed by atoms with Crippen molar-refractivity contribution in [2.24, 2.45) is 0 Å². The van der Waals surface area contributed by atoms with Gasteiger partial charge in [-0.15, -0.1) is 0 Å². The van der Waals surface area contributed by atoms with Crippen LogP contribution >= 0.6 is 12.8 Å². The summed E-state index contributed by atoms with van der Waals surface area (Å²) in [5.41, 5.74) is 1.95. The third-order valence-electron chi connectivity index (χ3n) is 1.97. The van der Waals surface area contributed by atoms with Gasteiger partial charge in [0.2, 0.25) is 0 Å². The zero-order valence-electron chi connectivity index (χ0n) is 9.38. The predicted octanol–water partition coefficient (Wildman–Crippen LogP) is 2.54. The van der Waals surface area contributed by atoms with Gasteiger partial charge in [0.1, 0.15) is 0 Å². The van der Waals surface area contributed by atoms with Crippen LogP contribution in [0.3, 0.4) is 0 Å². The van der Waals surface area contributed by atoms with Crippen LogP contribution in [0.25, 0.3) is 6.08 Å². The second kappa shape index (κ2) is 6.23. The number of rotatable bonds is 4. The van der Waals surface area contributed by atoms with Crippen LogP contribution in [0.2, 0.25) is 0 Å². The first-order valence-electron chi connectivity index (χ1n) is 5.01. The number of carbonyl (C=O) groups excluding carboxylic acids is 1. The van der Waals surface area contributed by atoms with Crippen molar-refractivity contribution < 1.29 is 9.53 Å². The lowest BCUT2D eigenvalue weighted by atomic mass is 10.2. The van der Waals surface area contributed by atoms with E-state index in [1.165, 1.54) is 6.08 Å². The average molecular weight is 237 g/mol. The maximum atomic E-state index is 11.1. The summed E-state index contributed by atoms with van der Waals surface area (Å²) < 4.78 is 6.50. The molecule has 0 N–H and O–H groups in total. The van der Waals surface area contributed by atoms with Gasteiger partial charge in [-0.2, -0.15) is 0 Å². The number of hydrogen-bond donors (Lipinski definition) is 1. The first kappa shape index (κ1) is 12.6. The van der Waals surface area contributed by atoms with Crippen molar-refractivity contribution in [3.63, 3.8) is 0 Å². The van der Waals surface area contributed by atoms with E-state index in [-0.39, 0.29) is 5.97 Å². The summed E-state index contributed by atoms with van der Waals surface area (Å²) >= 11 is 4.18. The van der Waals surface area contributed by atoms with Crippen LogP contribution < -0.4 is 4.31 Å². The van der Waals surface area contributed by atoms with E-state index in [0.29, 0.717) is 6.61 Å². The standard InChI is InChI=1S/C12H15NO2S/c1-3-15-12(14)9-6-10-4-7-11(8-5-10)13(2)16/h4-9,16H,3H2,1-2H3/b9-6+. The quantitative estimate of drug-likeness (QED) is 0.496. The van der Waals surface area contributed by atoms with Gasteiger partial charge in [0.25, 0.3) is 0 Å². The molecular weight excluding hydrogens is 222 g/mol. The lowest BCUT2D eigenvalue weighted by Gasteiger charge is -2.10. The van der Waals surface area contributed by atoms with Crippen LogP contribution in [0.5, 0.6) is 0 Å². The van der Waals surface area contributed by atoms with Crippen molar-refractivity contribution in [2.45, 2.75) is 6.92 Å². The monoisotopic (exact) mass is 237 g/mol. The number of anilines is 1. The Kier molecular flexibility index (Phi) is 4.92. The molecule has 0 heterocycles. The van der Waals surface area contributed by atoms with Gasteiger partial charge in [0.05, 0.1) is 6.61 Å². The number of esters is 1. The fraction of sp³-hybridized carbons (Fsp3) is 0.250. The lowest BCUT2D eigenvalue weighted by Crippen LogP contribution is -2.00. The second-order valence-corrected chi connectivity index (χ2v) is 3.80. The van der Waals surface area contributed by atoms with Crippen LogP contribution in [0, 0.1) is 0 Å². The minimum Gasteiger partial charge on any atom is -0.463 e. The third kappa shape index (κ3) is 3.98. The average Bonchev–Trinajstić information content (AvgIpc) is 2.27. The Labute approximate surface area is 101 Å². The maximum Gasteiger partial charge on any atom is 0.330 e. The fourth-order valence-corrected chi connectivity index (χ4v) is 1.29. The molecular formula is C12H15NO2S. The van der Waals surface area contributed by atoms with Crippen molar-refractivity contribution in [1.82, 2.24) is 0 Å². The maximum absolute atomic E-state index is 11.1. The molecule has 0 unspecified atom stereocenters. The molecule has 0 aliphatic carbocycles. The molecule has 0 atom stereocenters. The van der Waals surface area contributed by atoms with Gasteiger partial charge in [0, 0.05) is 18.8 Å². The number of hydrogen-bond acceptors (Lipinski definition) is 4. The van der Waals surface area contributed by atoms with Gasteiger partial charge in [-0.25, -0.2) is 4.79 Å². The van der Waals surface area contributed by atoms with Gasteiger partial charge in [0.15, 0.2) is 0 Å². The molecule has 3 nitrogen and oxygen atoms in total. The van der Waals surface area contributed by atoms with Crippen molar-refractivity contribution in [3.05, 3.63) is 35.9 Å². The van der Waals surface area contributed by atoms with E-state index in [4.69, 9.17) is 4.74 Å². The summed E-state index contributed by atoms with van der Waals surface area (Å²) in [5, 5.41) is 0. The minimum atomic E-state index is -0.321. The molecule has 1 aromatic carbocycles. The Morgan fingerprint density at radius 2 is 2.06 bits per heavy atom. The van der Waals surface area contributed by atoms with E-state index < -0.39 is 0 Å². The van der Waals surface area contributed by atoms with E-state index in [0.717, 1.165) is 11.3 Å². The highest BCUT2D eigenvalue weighted by Gasteiger charge is 1.96. The van der Waals surface area contributed by atoms with E-state index in [9.17, 15) is 4.79 Å². The number of carbonyl (C=O) groups is 1. The van der Waals surface area contributed by atoms with Crippen molar-refractivity contribution in [1.29, 1.82) is 0 Å². The molecule has 0 fully saturated rings. The summed E-state index contributed by atoms with van der Waals surface area (Å²) in [4.78, 5) is 11.1. The van der Waals surface area contributed by atoms with E-state index in [1.54, 1.807) is 17.3 Å². The molecule has 1 aromatic rings. The molecule has 1 rings (SSSR count). The Morgan fingerprint density at radius 3 is 2.56 bits per heavy atom. The highest BCUT2D eigenvalue weighted by molar-refractivity contribution is 7.81. The van der Waals surface area contributed by atoms with Gasteiger partial charge in [-0.3, -0.25) is 0 Å². The molecule has 0 amide bonds. The van der Waals surface area contributed by atoms with Crippen molar-refractivity contribution >= 4 is 30.5 Å².